The predicted molar refractivity (Wildman–Crippen MR) is 527 cm³/mol. The van der Waals surface area contributed by atoms with E-state index in [4.69, 9.17) is 11.7 Å². The van der Waals surface area contributed by atoms with Crippen LogP contribution in [0.3, 0.4) is 0 Å². The number of hydrogen-bond acceptors (Lipinski definition) is 18. The van der Waals surface area contributed by atoms with Crippen LogP contribution in [0.1, 0.15) is 347 Å². The Morgan fingerprint density at radius 1 is 0.303 bits per heavy atom. The van der Waals surface area contributed by atoms with E-state index in [0.717, 1.165) is 67.7 Å². The fraction of sp³-hybridized carbons (Fsp3) is 0.990. The van der Waals surface area contributed by atoms with Crippen LogP contribution in [0.4, 0.5) is 0 Å². The lowest BCUT2D eigenvalue weighted by Gasteiger charge is -2.45. The molecule has 12 heterocycles. The van der Waals surface area contributed by atoms with Crippen LogP contribution in [0.15, 0.2) is 0 Å². The highest BCUT2D eigenvalue weighted by Gasteiger charge is 2.39. The van der Waals surface area contributed by atoms with Crippen LogP contribution in [0, 0.1) is 18.4 Å². The Hall–Kier alpha value is -1.23. The summed E-state index contributed by atoms with van der Waals surface area (Å²) in [4.78, 5) is 35.6. The van der Waals surface area contributed by atoms with Gasteiger partial charge in [0.05, 0.1) is 6.10 Å². The van der Waals surface area contributed by atoms with Crippen molar-refractivity contribution in [3.8, 4) is 0 Å². The predicted octanol–water partition coefficient (Wildman–Crippen LogP) is 16.1. The summed E-state index contributed by atoms with van der Waals surface area (Å²) in [5.74, 6) is 1.98. The van der Waals surface area contributed by atoms with Gasteiger partial charge in [-0.1, -0.05) is 0 Å². The Balaban J connectivity index is 0.000000193. The molecule has 0 aromatic heterocycles. The summed E-state index contributed by atoms with van der Waals surface area (Å²) in [7, 11) is 2.26. The van der Waals surface area contributed by atoms with Crippen LogP contribution >= 0.6 is 0 Å². The number of rotatable bonds is 9. The Kier molecular flexibility index (Phi) is 44.7. The molecule has 12 saturated heterocycles. The van der Waals surface area contributed by atoms with Gasteiger partial charge in [-0.3, -0.25) is 53.9 Å². The van der Waals surface area contributed by atoms with Gasteiger partial charge in [-0.05, 0) is 419 Å². The summed E-state index contributed by atoms with van der Waals surface area (Å²) in [5, 5.41) is 26.7. The van der Waals surface area contributed by atoms with Crippen molar-refractivity contribution in [1.29, 1.82) is 0 Å². The quantitative estimate of drug-likeness (QED) is 0.123. The lowest BCUT2D eigenvalue weighted by molar-refractivity contribution is 0.0458. The van der Waals surface area contributed by atoms with Crippen molar-refractivity contribution in [3.05, 3.63) is 11.4 Å². The maximum atomic E-state index is 8.98. The molecule has 2 saturated carbocycles. The van der Waals surface area contributed by atoms with Gasteiger partial charge in [0.15, 0.2) is 0 Å². The summed E-state index contributed by atoms with van der Waals surface area (Å²) < 4.78 is 0. The van der Waals surface area contributed by atoms with E-state index < -0.39 is 0 Å². The first-order valence-electron chi connectivity index (χ1n) is 51.7. The molecule has 14 rings (SSSR count). The van der Waals surface area contributed by atoms with E-state index in [2.05, 4.69) is 284 Å². The molecule has 19 heteroatoms. The summed E-state index contributed by atoms with van der Waals surface area (Å²) >= 11 is 0. The first kappa shape index (κ1) is 108. The third kappa shape index (κ3) is 40.1. The molecule has 6 atom stereocenters. The van der Waals surface area contributed by atoms with Crippen LogP contribution in [-0.4, -0.2) is 365 Å². The second-order valence-corrected chi connectivity index (χ2v) is 49.4. The minimum absolute atomic E-state index is 0.0418. The smallest absolute Gasteiger partial charge is 0.223 e. The van der Waals surface area contributed by atoms with Gasteiger partial charge < -0.3 is 41.4 Å². The van der Waals surface area contributed by atoms with Gasteiger partial charge in [-0.25, -0.2) is 6.57 Å². The molecule has 0 radical (unpaired) electrons. The Morgan fingerprint density at radius 2 is 0.631 bits per heavy atom. The lowest BCUT2D eigenvalue weighted by Crippen LogP contribution is -2.56. The van der Waals surface area contributed by atoms with E-state index in [9.17, 15) is 0 Å². The fourth-order valence-corrected chi connectivity index (χ4v) is 22.3. The molecule has 0 amide bonds. The minimum Gasteiger partial charge on any atom is -0.393 e. The van der Waals surface area contributed by atoms with Crippen LogP contribution < -0.4 is 26.6 Å². The molecular weight excluding hydrogens is 1510 g/mol. The van der Waals surface area contributed by atoms with Crippen molar-refractivity contribution in [1.82, 2.24) is 85.4 Å². The van der Waals surface area contributed by atoms with Crippen LogP contribution in [0.2, 0.25) is 0 Å². The highest BCUT2D eigenvalue weighted by molar-refractivity contribution is 4.97. The van der Waals surface area contributed by atoms with Gasteiger partial charge in [0, 0.05) is 229 Å². The zero-order chi connectivity index (χ0) is 90.0. The van der Waals surface area contributed by atoms with Crippen molar-refractivity contribution in [2.45, 2.75) is 464 Å². The first-order valence-corrected chi connectivity index (χ1v) is 51.7. The maximum Gasteiger partial charge on any atom is 0.223 e. The number of piperidine rings is 6. The van der Waals surface area contributed by atoms with E-state index in [0.29, 0.717) is 69.5 Å². The molecular formula is C103H208N18O. The van der Waals surface area contributed by atoms with Crippen LogP contribution in [0.25, 0.3) is 4.85 Å². The molecule has 2 aliphatic carbocycles. The Morgan fingerprint density at radius 3 is 0.975 bits per heavy atom. The molecule has 19 nitrogen and oxygen atoms in total. The van der Waals surface area contributed by atoms with Gasteiger partial charge >= 0.3 is 0 Å². The average molecular weight is 1710 g/mol. The number of hydrogen-bond donors (Lipinski definition) is 6. The zero-order valence-electron chi connectivity index (χ0n) is 86.1. The maximum absolute atomic E-state index is 8.98. The van der Waals surface area contributed by atoms with Crippen molar-refractivity contribution < 1.29 is 5.11 Å². The summed E-state index contributed by atoms with van der Waals surface area (Å²) in [5.41, 5.74) is 2.56. The molecule has 716 valence electrons. The molecule has 0 aromatic rings. The lowest BCUT2D eigenvalue weighted by atomic mass is 9.87. The third-order valence-corrected chi connectivity index (χ3v) is 30.3. The molecule has 12 aliphatic heterocycles. The number of aliphatic hydroxyl groups excluding tert-OH is 1. The molecule has 0 spiro atoms. The van der Waals surface area contributed by atoms with E-state index in [1.165, 1.54) is 312 Å². The van der Waals surface area contributed by atoms with Gasteiger partial charge in [0.2, 0.25) is 6.04 Å². The zero-order valence-corrected chi connectivity index (χ0v) is 86.1. The molecule has 0 aromatic carbocycles. The summed E-state index contributed by atoms with van der Waals surface area (Å²) in [6.07, 6.45) is 32.8. The van der Waals surface area contributed by atoms with Crippen molar-refractivity contribution in [3.63, 3.8) is 0 Å². The minimum atomic E-state index is -0.0418. The van der Waals surface area contributed by atoms with Crippen LogP contribution in [-0.2, 0) is 0 Å². The van der Waals surface area contributed by atoms with Crippen LogP contribution in [0.5, 0.6) is 0 Å². The van der Waals surface area contributed by atoms with E-state index in [1.54, 1.807) is 0 Å². The molecule has 2 unspecified atom stereocenters. The average Bonchev–Trinajstić information content (AvgIpc) is 1.02. The summed E-state index contributed by atoms with van der Waals surface area (Å²) in [6, 6.07) is 7.72. The van der Waals surface area contributed by atoms with E-state index in [-0.39, 0.29) is 17.2 Å². The normalized spacial score (nSPS) is 30.8. The highest BCUT2D eigenvalue weighted by atomic mass is 16.3. The summed E-state index contributed by atoms with van der Waals surface area (Å²) in [6.45, 7) is 104. The van der Waals surface area contributed by atoms with Crippen molar-refractivity contribution in [2.24, 2.45) is 11.8 Å². The van der Waals surface area contributed by atoms with Gasteiger partial charge in [0.1, 0.15) is 0 Å². The van der Waals surface area contributed by atoms with E-state index >= 15 is 0 Å². The molecule has 14 fully saturated rings. The van der Waals surface area contributed by atoms with E-state index in [1.807, 2.05) is 0 Å². The molecule has 122 heavy (non-hydrogen) atoms. The van der Waals surface area contributed by atoms with Crippen molar-refractivity contribution >= 4 is 0 Å². The number of nitrogens with zero attached hydrogens (tertiary/aromatic N) is 13. The number of aliphatic hydroxyl groups is 1. The second-order valence-electron chi connectivity index (χ2n) is 49.4. The Bertz CT molecular complexity index is 2700. The largest absolute Gasteiger partial charge is 0.393 e. The Labute approximate surface area is 757 Å². The second kappa shape index (κ2) is 50.6. The molecule has 0 bridgehead atoms. The number of nitrogens with one attached hydrogen (secondary N) is 5. The number of likely N-dealkylation sites (tertiary alicyclic amines) is 9. The van der Waals surface area contributed by atoms with Gasteiger partial charge in [0.25, 0.3) is 0 Å². The monoisotopic (exact) mass is 1710 g/mol. The highest BCUT2D eigenvalue weighted by Crippen LogP contribution is 2.35. The fourth-order valence-electron chi connectivity index (χ4n) is 22.3. The van der Waals surface area contributed by atoms with Gasteiger partial charge in [-0.2, -0.15) is 0 Å². The van der Waals surface area contributed by atoms with Crippen molar-refractivity contribution in [2.75, 3.05) is 184 Å². The standard InChI is InChI=1S/C15H31N3.C15H30N2.2C14H29N3.2C13H26N2.C11H20N2.C8H17NO/c1-13-5-9-17(12-8-16-13)14-6-10-18(11-7-14)15(2,3)4;1-15(2,3)17-10-7-14(12-17)11-13-5-8-16(4)9-6-13;2*1-12-11-16(10-7-15-12)13-5-8-17(9-6-13)14(2,3)4;2*1-13(2,3)15-10-6-7-12(11-15)14-8-4-5-9-14;1-11(2,3)13-10-7-5-9(12-4)6-8-10;1-8(2,3)9-6-4-7(10)5-6/h13-14,16H,5-12H2,1-4H3;13-14H,5-12H2,1-4H3;2*12-13,15H,5-11H2,1-4H3;2*12H,4-11H2,1-3H3;9-10,13H,5-8H2,1-3H3;6-7,9-10H,4-5H2,1-3H3/t;;4*12-;;/m..1010../s1. The third-order valence-electron chi connectivity index (χ3n) is 30.3. The first-order chi connectivity index (χ1) is 57.0. The molecule has 14 aliphatic rings. The van der Waals surface area contributed by atoms with Gasteiger partial charge in [-0.15, -0.1) is 0 Å². The SMILES string of the molecule is CC(C)(C)N1CCC[C@@H](N2CCCC2)C1.CC(C)(C)N1CCC[C@H](N2CCCC2)C1.CC(C)(C)NC1CC(O)C1.CC1CCN(C2CCN(C(C)(C)C)CC2)CCN1.CN1CCC(CC2CCN(C(C)(C)C)C2)CC1.C[C@@H]1CN(C2CCN(C(C)(C)C)CC2)CCN1.C[C@H]1CN(C2CCN(C(C)(C)C)CC2)CCN1.[C-]#[N+]C1CCC(NC(C)(C)C)CC1. The number of piperazine rings is 2. The molecule has 6 N–H and O–H groups in total. The topological polar surface area (TPSA) is 124 Å².